The largest absolute Gasteiger partial charge is 0.358 e. The third kappa shape index (κ3) is 5.38. The molecule has 1 aliphatic heterocycles. The van der Waals surface area contributed by atoms with Gasteiger partial charge in [-0.2, -0.15) is 0 Å². The van der Waals surface area contributed by atoms with Gasteiger partial charge in [0.15, 0.2) is 0 Å². The second-order valence-corrected chi connectivity index (χ2v) is 9.70. The minimum absolute atomic E-state index is 0.216. The van der Waals surface area contributed by atoms with E-state index in [9.17, 15) is 9.59 Å². The molecule has 5 rings (SSSR count). The molecule has 0 unspecified atom stereocenters. The standard InChI is InChI=1S/C33H36N4O2/c1-5-37(6-2)17-16-34-33(39)31-21(3)30(35-22(31)4)20-28-27-19-26(14-15-29(27)36-32(28)38)25-13-12-24(18-25)23-10-8-7-9-11-23/h7-11,13-15,18-20,35H,5-6,12,16-17H2,1-4H3,(H,34,39)(H,36,38)/b28-20-/i16D2,17D2. The van der Waals surface area contributed by atoms with E-state index in [-0.39, 0.29) is 24.6 Å². The molecule has 6 nitrogen and oxygen atoms in total. The van der Waals surface area contributed by atoms with Crippen LogP contribution in [-0.2, 0) is 4.79 Å². The molecule has 0 bridgehead atoms. The number of amides is 2. The van der Waals surface area contributed by atoms with E-state index in [1.54, 1.807) is 33.8 Å². The Bertz CT molecular complexity index is 1680. The number of carbonyl (C=O) groups excluding carboxylic acids is 2. The number of hydrogen-bond donors (Lipinski definition) is 3. The Hall–Kier alpha value is -4.16. The van der Waals surface area contributed by atoms with Crippen molar-refractivity contribution in [1.82, 2.24) is 15.2 Å². The molecule has 3 N–H and O–H groups in total. The van der Waals surface area contributed by atoms with Crippen molar-refractivity contribution in [3.05, 3.63) is 99.9 Å². The minimum atomic E-state index is -2.66. The predicted molar refractivity (Wildman–Crippen MR) is 160 cm³/mol. The number of rotatable bonds is 9. The first-order valence-electron chi connectivity index (χ1n) is 15.3. The Labute approximate surface area is 236 Å². The zero-order valence-electron chi connectivity index (χ0n) is 26.7. The second-order valence-electron chi connectivity index (χ2n) is 9.70. The maximum absolute atomic E-state index is 13.3. The van der Waals surface area contributed by atoms with Crippen molar-refractivity contribution in [2.24, 2.45) is 0 Å². The summed E-state index contributed by atoms with van der Waals surface area (Å²) in [5, 5.41) is 5.20. The molecule has 0 saturated carbocycles. The van der Waals surface area contributed by atoms with Crippen LogP contribution in [0.3, 0.4) is 0 Å². The highest BCUT2D eigenvalue weighted by molar-refractivity contribution is 6.35. The Morgan fingerprint density at radius 1 is 1.10 bits per heavy atom. The first-order valence-corrected chi connectivity index (χ1v) is 13.3. The lowest BCUT2D eigenvalue weighted by molar-refractivity contribution is -0.110. The number of aryl methyl sites for hydroxylation is 1. The van der Waals surface area contributed by atoms with Gasteiger partial charge >= 0.3 is 0 Å². The van der Waals surface area contributed by atoms with Crippen LogP contribution in [0.5, 0.6) is 0 Å². The van der Waals surface area contributed by atoms with E-state index in [2.05, 4.69) is 39.9 Å². The van der Waals surface area contributed by atoms with Crippen molar-refractivity contribution in [2.45, 2.75) is 34.1 Å². The summed E-state index contributed by atoms with van der Waals surface area (Å²) in [4.78, 5) is 30.9. The van der Waals surface area contributed by atoms with Crippen molar-refractivity contribution in [2.75, 3.05) is 31.4 Å². The average Bonchev–Trinajstić information content (AvgIpc) is 3.65. The minimum Gasteiger partial charge on any atom is -0.358 e. The molecule has 6 heteroatoms. The topological polar surface area (TPSA) is 77.2 Å². The number of fused-ring (bicyclic) bond motifs is 1. The zero-order chi connectivity index (χ0) is 31.1. The van der Waals surface area contributed by atoms with Gasteiger partial charge in [0.1, 0.15) is 0 Å². The Morgan fingerprint density at radius 2 is 1.87 bits per heavy atom. The number of nitrogens with zero attached hydrogens (tertiary/aromatic N) is 1. The third-order valence-electron chi connectivity index (χ3n) is 7.30. The summed E-state index contributed by atoms with van der Waals surface area (Å²) in [6.45, 7) is 2.38. The molecule has 2 heterocycles. The summed E-state index contributed by atoms with van der Waals surface area (Å²) in [7, 11) is 0. The summed E-state index contributed by atoms with van der Waals surface area (Å²) < 4.78 is 33.5. The SMILES string of the molecule is [2H]C([2H])(NC(=O)c1c(C)[nH]c(/C=C2\C(=O)Nc3ccc(C4=CCC(c5ccccc5)=C4)cc32)c1C)C([2H])([2H])N(CC)CC. The van der Waals surface area contributed by atoms with Crippen molar-refractivity contribution in [3.8, 4) is 0 Å². The first-order chi connectivity index (χ1) is 20.4. The highest BCUT2D eigenvalue weighted by Crippen LogP contribution is 2.38. The molecule has 39 heavy (non-hydrogen) atoms. The fourth-order valence-corrected chi connectivity index (χ4v) is 5.10. The number of allylic oxidation sites excluding steroid dienone is 4. The van der Waals surface area contributed by atoms with E-state index >= 15 is 0 Å². The summed E-state index contributed by atoms with van der Waals surface area (Å²) in [5.74, 6) is -0.987. The number of benzene rings is 2. The van der Waals surface area contributed by atoms with Crippen LogP contribution < -0.4 is 10.6 Å². The maximum Gasteiger partial charge on any atom is 0.256 e. The molecule has 2 amide bonds. The highest BCUT2D eigenvalue weighted by Gasteiger charge is 2.26. The van der Waals surface area contributed by atoms with Gasteiger partial charge in [0, 0.05) is 38.4 Å². The number of aromatic nitrogens is 1. The molecule has 1 aromatic heterocycles. The number of H-pyrrole nitrogens is 1. The molecular formula is C33H36N4O2. The van der Waals surface area contributed by atoms with E-state index < -0.39 is 18.9 Å². The molecule has 0 radical (unpaired) electrons. The monoisotopic (exact) mass is 524 g/mol. The van der Waals surface area contributed by atoms with Crippen LogP contribution in [-0.4, -0.2) is 47.8 Å². The average molecular weight is 525 g/mol. The Kier molecular flexibility index (Phi) is 6.30. The molecule has 0 spiro atoms. The predicted octanol–water partition coefficient (Wildman–Crippen LogP) is 6.07. The van der Waals surface area contributed by atoms with Gasteiger partial charge in [0.25, 0.3) is 11.8 Å². The van der Waals surface area contributed by atoms with Gasteiger partial charge in [0.2, 0.25) is 0 Å². The highest BCUT2D eigenvalue weighted by atomic mass is 16.2. The Morgan fingerprint density at radius 3 is 2.62 bits per heavy atom. The number of carbonyl (C=O) groups is 2. The molecule has 200 valence electrons. The third-order valence-corrected chi connectivity index (χ3v) is 7.30. The molecule has 2 aromatic carbocycles. The summed E-state index contributed by atoms with van der Waals surface area (Å²) in [5.41, 5.74) is 8.20. The Balaban J connectivity index is 1.43. The fourth-order valence-electron chi connectivity index (χ4n) is 5.10. The van der Waals surface area contributed by atoms with E-state index in [1.165, 1.54) is 16.0 Å². The van der Waals surface area contributed by atoms with Gasteiger partial charge in [-0.25, -0.2) is 0 Å². The number of hydrogen-bond acceptors (Lipinski definition) is 3. The lowest BCUT2D eigenvalue weighted by atomic mass is 9.98. The smallest absolute Gasteiger partial charge is 0.256 e. The van der Waals surface area contributed by atoms with Gasteiger partial charge in [-0.3, -0.25) is 9.59 Å². The van der Waals surface area contributed by atoms with Crippen LogP contribution in [0.2, 0.25) is 0 Å². The van der Waals surface area contributed by atoms with Crippen LogP contribution in [0.15, 0.2) is 60.7 Å². The number of aromatic amines is 1. The van der Waals surface area contributed by atoms with Gasteiger partial charge < -0.3 is 20.5 Å². The summed E-state index contributed by atoms with van der Waals surface area (Å²) in [6.07, 6.45) is 6.90. The maximum atomic E-state index is 13.3. The number of anilines is 1. The van der Waals surface area contributed by atoms with E-state index in [4.69, 9.17) is 5.48 Å². The molecule has 2 aliphatic rings. The van der Waals surface area contributed by atoms with Gasteiger partial charge in [0.05, 0.1) is 13.9 Å². The van der Waals surface area contributed by atoms with Crippen LogP contribution in [0.4, 0.5) is 5.69 Å². The van der Waals surface area contributed by atoms with E-state index in [1.807, 2.05) is 36.4 Å². The normalized spacial score (nSPS) is 17.7. The second kappa shape index (κ2) is 11.3. The molecular weight excluding hydrogens is 484 g/mol. The molecule has 0 fully saturated rings. The van der Waals surface area contributed by atoms with Crippen molar-refractivity contribution in [3.63, 3.8) is 0 Å². The molecule has 1 aliphatic carbocycles. The van der Waals surface area contributed by atoms with E-state index in [0.29, 0.717) is 28.2 Å². The fraction of sp³-hybridized carbons (Fsp3) is 0.273. The quantitative estimate of drug-likeness (QED) is 0.298. The van der Waals surface area contributed by atoms with Crippen molar-refractivity contribution in [1.29, 1.82) is 0 Å². The van der Waals surface area contributed by atoms with Gasteiger partial charge in [-0.15, -0.1) is 0 Å². The van der Waals surface area contributed by atoms with Crippen LogP contribution >= 0.6 is 0 Å². The lowest BCUT2D eigenvalue weighted by Crippen LogP contribution is -2.35. The molecule has 0 saturated heterocycles. The van der Waals surface area contributed by atoms with Gasteiger partial charge in [-0.05, 0) is 79.4 Å². The van der Waals surface area contributed by atoms with Crippen molar-refractivity contribution < 1.29 is 15.1 Å². The lowest BCUT2D eigenvalue weighted by Gasteiger charge is -2.18. The van der Waals surface area contributed by atoms with Crippen LogP contribution in [0, 0.1) is 13.8 Å². The first kappa shape index (κ1) is 21.7. The van der Waals surface area contributed by atoms with E-state index in [0.717, 1.165) is 23.1 Å². The van der Waals surface area contributed by atoms with Crippen LogP contribution in [0.25, 0.3) is 22.8 Å². The molecule has 3 aromatic rings. The van der Waals surface area contributed by atoms with Crippen molar-refractivity contribution >= 4 is 40.3 Å². The summed E-state index contributed by atoms with van der Waals surface area (Å²) in [6, 6.07) is 16.1. The van der Waals surface area contributed by atoms with Crippen LogP contribution in [0.1, 0.15) is 69.8 Å². The number of nitrogens with one attached hydrogen (secondary N) is 3. The zero-order valence-corrected chi connectivity index (χ0v) is 22.7. The number of likely N-dealkylation sites (N-methyl/N-ethyl adjacent to an activating group) is 1. The van der Waals surface area contributed by atoms with Gasteiger partial charge in [-0.1, -0.05) is 62.4 Å². The molecule has 0 atom stereocenters. The summed E-state index contributed by atoms with van der Waals surface area (Å²) >= 11 is 0.